The van der Waals surface area contributed by atoms with Crippen molar-refractivity contribution in [2.24, 2.45) is 0 Å². The number of benzene rings is 2. The molecular weight excluding hydrogens is 194 g/mol. The van der Waals surface area contributed by atoms with Crippen LogP contribution in [0.1, 0.15) is 13.3 Å². The quantitative estimate of drug-likeness (QED) is 0.599. The first-order valence-electron chi connectivity index (χ1n) is 5.79. The van der Waals surface area contributed by atoms with Crippen molar-refractivity contribution in [2.45, 2.75) is 19.9 Å². The molecule has 3 aromatic rings. The number of nitrogens with zero attached hydrogens (tertiary/aromatic N) is 1. The van der Waals surface area contributed by atoms with E-state index < -0.39 is 0 Å². The Labute approximate surface area is 95.3 Å². The molecule has 0 aliphatic rings. The number of rotatable bonds is 2. The fourth-order valence-electron chi connectivity index (χ4n) is 2.38. The lowest BCUT2D eigenvalue weighted by molar-refractivity contribution is 0.723. The van der Waals surface area contributed by atoms with Gasteiger partial charge >= 0.3 is 0 Å². The van der Waals surface area contributed by atoms with Crippen LogP contribution in [0, 0.1) is 6.07 Å². The molecule has 0 fully saturated rings. The summed E-state index contributed by atoms with van der Waals surface area (Å²) in [4.78, 5) is 0. The number of hydrogen-bond donors (Lipinski definition) is 0. The van der Waals surface area contributed by atoms with Crippen LogP contribution in [0.4, 0.5) is 0 Å². The molecule has 0 N–H and O–H groups in total. The van der Waals surface area contributed by atoms with Crippen LogP contribution in [0.25, 0.3) is 21.8 Å². The molecule has 3 rings (SSSR count). The minimum absolute atomic E-state index is 1.06. The lowest BCUT2D eigenvalue weighted by Crippen LogP contribution is -1.95. The third kappa shape index (κ3) is 1.25. The molecule has 0 aliphatic heterocycles. The van der Waals surface area contributed by atoms with Gasteiger partial charge in [0.2, 0.25) is 0 Å². The Morgan fingerprint density at radius 3 is 2.75 bits per heavy atom. The molecule has 1 heterocycles. The van der Waals surface area contributed by atoms with Gasteiger partial charge in [-0.15, -0.1) is 0 Å². The average molecular weight is 208 g/mol. The SMILES string of the molecule is CCCn1c2[c]cccc2c2ccccc21. The minimum Gasteiger partial charge on any atom is -0.340 e. The van der Waals surface area contributed by atoms with Crippen LogP contribution in [-0.4, -0.2) is 4.57 Å². The molecule has 2 aromatic carbocycles. The minimum atomic E-state index is 1.06. The van der Waals surface area contributed by atoms with E-state index in [1.807, 2.05) is 6.07 Å². The lowest BCUT2D eigenvalue weighted by atomic mass is 10.2. The highest BCUT2D eigenvalue weighted by atomic mass is 15.0. The highest BCUT2D eigenvalue weighted by Crippen LogP contribution is 2.28. The van der Waals surface area contributed by atoms with E-state index in [0.29, 0.717) is 0 Å². The summed E-state index contributed by atoms with van der Waals surface area (Å²) in [5.41, 5.74) is 2.55. The molecule has 1 nitrogen and oxygen atoms in total. The molecular formula is C15H14N. The van der Waals surface area contributed by atoms with Gasteiger partial charge in [0.15, 0.2) is 0 Å². The van der Waals surface area contributed by atoms with E-state index in [0.717, 1.165) is 13.0 Å². The Morgan fingerprint density at radius 1 is 1.06 bits per heavy atom. The van der Waals surface area contributed by atoms with Crippen molar-refractivity contribution in [1.29, 1.82) is 0 Å². The number of aromatic nitrogens is 1. The summed E-state index contributed by atoms with van der Waals surface area (Å²) in [6.07, 6.45) is 1.15. The molecule has 1 aromatic heterocycles. The standard InChI is InChI=1S/C15H14N/c1-2-11-16-14-9-5-3-7-12(14)13-8-4-6-10-15(13)16/h3-9H,2,11H2,1H3. The molecule has 0 aliphatic carbocycles. The van der Waals surface area contributed by atoms with Crippen LogP contribution in [0.3, 0.4) is 0 Å². The molecule has 0 saturated heterocycles. The van der Waals surface area contributed by atoms with Crippen LogP contribution in [0.2, 0.25) is 0 Å². The molecule has 0 atom stereocenters. The van der Waals surface area contributed by atoms with Crippen molar-refractivity contribution in [3.8, 4) is 0 Å². The number of fused-ring (bicyclic) bond motifs is 3. The van der Waals surface area contributed by atoms with E-state index in [4.69, 9.17) is 0 Å². The van der Waals surface area contributed by atoms with Crippen molar-refractivity contribution < 1.29 is 0 Å². The van der Waals surface area contributed by atoms with Gasteiger partial charge in [-0.3, -0.25) is 0 Å². The maximum Gasteiger partial charge on any atom is 0.0571 e. The van der Waals surface area contributed by atoms with E-state index in [1.165, 1.54) is 21.8 Å². The maximum atomic E-state index is 3.36. The van der Waals surface area contributed by atoms with Crippen LogP contribution < -0.4 is 0 Å². The fourth-order valence-corrected chi connectivity index (χ4v) is 2.38. The second kappa shape index (κ2) is 3.67. The van der Waals surface area contributed by atoms with Crippen LogP contribution in [0.15, 0.2) is 42.5 Å². The predicted octanol–water partition coefficient (Wildman–Crippen LogP) is 4.00. The molecule has 1 radical (unpaired) electrons. The molecule has 79 valence electrons. The number of para-hydroxylation sites is 2. The van der Waals surface area contributed by atoms with Crippen LogP contribution in [-0.2, 0) is 6.54 Å². The van der Waals surface area contributed by atoms with Gasteiger partial charge in [-0.2, -0.15) is 0 Å². The number of hydrogen-bond acceptors (Lipinski definition) is 0. The van der Waals surface area contributed by atoms with Gasteiger partial charge in [-0.1, -0.05) is 43.3 Å². The van der Waals surface area contributed by atoms with Gasteiger partial charge in [0.25, 0.3) is 0 Å². The van der Waals surface area contributed by atoms with Crippen molar-refractivity contribution in [2.75, 3.05) is 0 Å². The zero-order valence-electron chi connectivity index (χ0n) is 9.40. The highest BCUT2D eigenvalue weighted by Gasteiger charge is 2.08. The summed E-state index contributed by atoms with van der Waals surface area (Å²) in [5, 5.41) is 2.65. The molecule has 0 unspecified atom stereocenters. The van der Waals surface area contributed by atoms with Crippen molar-refractivity contribution in [3.05, 3.63) is 48.5 Å². The number of aryl methyl sites for hydroxylation is 1. The molecule has 0 bridgehead atoms. The Morgan fingerprint density at radius 2 is 1.88 bits per heavy atom. The Balaban J connectivity index is 2.49. The second-order valence-corrected chi connectivity index (χ2v) is 4.10. The molecule has 0 saturated carbocycles. The van der Waals surface area contributed by atoms with Crippen LogP contribution >= 0.6 is 0 Å². The summed E-state index contributed by atoms with van der Waals surface area (Å²) >= 11 is 0. The lowest BCUT2D eigenvalue weighted by Gasteiger charge is -2.03. The maximum absolute atomic E-state index is 3.36. The largest absolute Gasteiger partial charge is 0.340 e. The first-order chi connectivity index (χ1) is 7.92. The Kier molecular flexibility index (Phi) is 2.17. The predicted molar refractivity (Wildman–Crippen MR) is 68.6 cm³/mol. The van der Waals surface area contributed by atoms with E-state index in [-0.39, 0.29) is 0 Å². The van der Waals surface area contributed by atoms with Gasteiger partial charge in [0.1, 0.15) is 0 Å². The van der Waals surface area contributed by atoms with E-state index in [1.54, 1.807) is 0 Å². The molecule has 1 heteroatoms. The average Bonchev–Trinajstić information content (AvgIpc) is 2.66. The summed E-state index contributed by atoms with van der Waals surface area (Å²) in [6, 6.07) is 18.2. The smallest absolute Gasteiger partial charge is 0.0571 e. The first-order valence-corrected chi connectivity index (χ1v) is 5.79. The fraction of sp³-hybridized carbons (Fsp3) is 0.200. The van der Waals surface area contributed by atoms with Crippen molar-refractivity contribution in [3.63, 3.8) is 0 Å². The normalized spacial score (nSPS) is 11.3. The summed E-state index contributed by atoms with van der Waals surface area (Å²) in [5.74, 6) is 0. The van der Waals surface area contributed by atoms with E-state index >= 15 is 0 Å². The Hall–Kier alpha value is -1.76. The van der Waals surface area contributed by atoms with E-state index in [9.17, 15) is 0 Å². The van der Waals surface area contributed by atoms with Gasteiger partial charge in [0.05, 0.1) is 5.52 Å². The summed E-state index contributed by atoms with van der Waals surface area (Å²) < 4.78 is 2.37. The molecule has 0 spiro atoms. The third-order valence-corrected chi connectivity index (χ3v) is 3.04. The first kappa shape index (κ1) is 9.46. The monoisotopic (exact) mass is 208 g/mol. The molecule has 0 amide bonds. The van der Waals surface area contributed by atoms with Gasteiger partial charge < -0.3 is 4.57 Å². The van der Waals surface area contributed by atoms with E-state index in [2.05, 4.69) is 54.0 Å². The zero-order valence-corrected chi connectivity index (χ0v) is 9.40. The van der Waals surface area contributed by atoms with Crippen LogP contribution in [0.5, 0.6) is 0 Å². The van der Waals surface area contributed by atoms with Gasteiger partial charge in [0, 0.05) is 28.9 Å². The zero-order chi connectivity index (χ0) is 11.0. The highest BCUT2D eigenvalue weighted by molar-refractivity contribution is 6.07. The van der Waals surface area contributed by atoms with Gasteiger partial charge in [-0.25, -0.2) is 0 Å². The molecule has 16 heavy (non-hydrogen) atoms. The summed E-state index contributed by atoms with van der Waals surface area (Å²) in [6.45, 7) is 3.27. The third-order valence-electron chi connectivity index (χ3n) is 3.04. The second-order valence-electron chi connectivity index (χ2n) is 4.10. The van der Waals surface area contributed by atoms with Crippen molar-refractivity contribution >= 4 is 21.8 Å². The summed E-state index contributed by atoms with van der Waals surface area (Å²) in [7, 11) is 0. The topological polar surface area (TPSA) is 4.93 Å². The Bertz CT molecular complexity index is 581. The van der Waals surface area contributed by atoms with Crippen molar-refractivity contribution in [1.82, 2.24) is 4.57 Å². The van der Waals surface area contributed by atoms with Gasteiger partial charge in [-0.05, 0) is 12.5 Å².